The maximum atomic E-state index is 12.9. The van der Waals surface area contributed by atoms with Crippen LogP contribution in [0.3, 0.4) is 0 Å². The van der Waals surface area contributed by atoms with Crippen molar-refractivity contribution in [1.82, 2.24) is 0 Å². The zero-order chi connectivity index (χ0) is 11.1. The van der Waals surface area contributed by atoms with Gasteiger partial charge in [-0.15, -0.1) is 0 Å². The summed E-state index contributed by atoms with van der Waals surface area (Å²) >= 11 is 0. The minimum absolute atomic E-state index is 0.0732. The van der Waals surface area contributed by atoms with E-state index in [9.17, 15) is 12.8 Å². The number of hydrogen-bond acceptors (Lipinski definition) is 2. The second-order valence-electron chi connectivity index (χ2n) is 3.50. The van der Waals surface area contributed by atoms with Gasteiger partial charge in [-0.25, -0.2) is 12.8 Å². The van der Waals surface area contributed by atoms with E-state index in [1.807, 2.05) is 0 Å². The molecule has 0 N–H and O–H groups in total. The fourth-order valence-electron chi connectivity index (χ4n) is 1.78. The fourth-order valence-corrected chi connectivity index (χ4v) is 2.94. The molecule has 0 bridgehead atoms. The highest BCUT2D eigenvalue weighted by Crippen LogP contribution is 2.30. The third-order valence-corrected chi connectivity index (χ3v) is 4.38. The van der Waals surface area contributed by atoms with Gasteiger partial charge in [0.1, 0.15) is 5.82 Å². The highest BCUT2D eigenvalue weighted by Gasteiger charge is 2.27. The van der Waals surface area contributed by atoms with Gasteiger partial charge in [0.15, 0.2) is 0 Å². The highest BCUT2D eigenvalue weighted by molar-refractivity contribution is 7.92. The van der Waals surface area contributed by atoms with Gasteiger partial charge in [0.2, 0.25) is 10.0 Å². The van der Waals surface area contributed by atoms with E-state index < -0.39 is 10.0 Å². The Bertz CT molecular complexity index is 484. The van der Waals surface area contributed by atoms with Crippen LogP contribution in [0.4, 0.5) is 10.1 Å². The van der Waals surface area contributed by atoms with Crippen molar-refractivity contribution in [3.8, 4) is 0 Å². The molecule has 0 amide bonds. The van der Waals surface area contributed by atoms with Crippen LogP contribution in [-0.4, -0.2) is 20.7 Å². The van der Waals surface area contributed by atoms with Crippen molar-refractivity contribution in [2.45, 2.75) is 13.3 Å². The number of halogens is 1. The van der Waals surface area contributed by atoms with E-state index in [2.05, 4.69) is 0 Å². The number of fused-ring (bicyclic) bond motifs is 1. The Morgan fingerprint density at radius 3 is 2.87 bits per heavy atom. The molecular weight excluding hydrogens is 217 g/mol. The molecule has 0 aromatic heterocycles. The van der Waals surface area contributed by atoms with Crippen molar-refractivity contribution in [2.24, 2.45) is 0 Å². The standard InChI is InChI=1S/C10H12FNO2S/c1-2-15(13,14)12-6-5-8-7-9(11)3-4-10(8)12/h3-4,7H,2,5-6H2,1H3. The molecule has 1 aliphatic rings. The van der Waals surface area contributed by atoms with Crippen LogP contribution in [0.25, 0.3) is 0 Å². The first kappa shape index (κ1) is 10.4. The molecule has 0 aliphatic carbocycles. The molecule has 1 aromatic carbocycles. The summed E-state index contributed by atoms with van der Waals surface area (Å²) in [6.07, 6.45) is 0.590. The van der Waals surface area contributed by atoms with E-state index in [-0.39, 0.29) is 11.6 Å². The predicted octanol–water partition coefficient (Wildman–Crippen LogP) is 1.54. The Hall–Kier alpha value is -1.10. The van der Waals surface area contributed by atoms with Crippen LogP contribution in [0.2, 0.25) is 0 Å². The maximum Gasteiger partial charge on any atom is 0.234 e. The SMILES string of the molecule is CCS(=O)(=O)N1CCc2cc(F)ccc21. The van der Waals surface area contributed by atoms with E-state index in [1.165, 1.54) is 22.5 Å². The van der Waals surface area contributed by atoms with Gasteiger partial charge >= 0.3 is 0 Å². The van der Waals surface area contributed by atoms with Gasteiger partial charge in [0, 0.05) is 6.54 Å². The van der Waals surface area contributed by atoms with Gasteiger partial charge < -0.3 is 0 Å². The molecule has 0 saturated heterocycles. The van der Waals surface area contributed by atoms with Crippen molar-refractivity contribution in [2.75, 3.05) is 16.6 Å². The molecule has 1 aromatic rings. The van der Waals surface area contributed by atoms with E-state index in [1.54, 1.807) is 6.92 Å². The summed E-state index contributed by atoms with van der Waals surface area (Å²) < 4.78 is 37.6. The summed E-state index contributed by atoms with van der Waals surface area (Å²) in [6, 6.07) is 4.23. The highest BCUT2D eigenvalue weighted by atomic mass is 32.2. The quantitative estimate of drug-likeness (QED) is 0.771. The van der Waals surface area contributed by atoms with Crippen LogP contribution < -0.4 is 4.31 Å². The lowest BCUT2D eigenvalue weighted by atomic mass is 10.2. The number of rotatable bonds is 2. The Morgan fingerprint density at radius 1 is 1.47 bits per heavy atom. The number of nitrogens with zero attached hydrogens (tertiary/aromatic N) is 1. The van der Waals surface area contributed by atoms with Crippen molar-refractivity contribution < 1.29 is 12.8 Å². The van der Waals surface area contributed by atoms with Crippen LogP contribution >= 0.6 is 0 Å². The Morgan fingerprint density at radius 2 is 2.20 bits per heavy atom. The third-order valence-electron chi connectivity index (χ3n) is 2.60. The van der Waals surface area contributed by atoms with Crippen LogP contribution in [0.5, 0.6) is 0 Å². The second kappa shape index (κ2) is 3.48. The molecule has 15 heavy (non-hydrogen) atoms. The maximum absolute atomic E-state index is 12.9. The van der Waals surface area contributed by atoms with Crippen molar-refractivity contribution >= 4 is 15.7 Å². The predicted molar refractivity (Wildman–Crippen MR) is 56.9 cm³/mol. The summed E-state index contributed by atoms with van der Waals surface area (Å²) in [7, 11) is -3.21. The normalized spacial score (nSPS) is 15.5. The summed E-state index contributed by atoms with van der Waals surface area (Å²) in [5.41, 5.74) is 1.39. The lowest BCUT2D eigenvalue weighted by molar-refractivity contribution is 0.593. The molecule has 5 heteroatoms. The van der Waals surface area contributed by atoms with Gasteiger partial charge in [-0.1, -0.05) is 0 Å². The molecular formula is C10H12FNO2S. The van der Waals surface area contributed by atoms with E-state index >= 15 is 0 Å². The first-order valence-corrected chi connectivity index (χ1v) is 6.44. The Labute approximate surface area is 88.6 Å². The summed E-state index contributed by atoms with van der Waals surface area (Å²) in [4.78, 5) is 0. The molecule has 0 saturated carbocycles. The summed E-state index contributed by atoms with van der Waals surface area (Å²) in [5.74, 6) is -0.242. The van der Waals surface area contributed by atoms with Gasteiger partial charge in [0.05, 0.1) is 11.4 Å². The van der Waals surface area contributed by atoms with Gasteiger partial charge in [-0.2, -0.15) is 0 Å². The second-order valence-corrected chi connectivity index (χ2v) is 5.68. The molecule has 3 nitrogen and oxygen atoms in total. The zero-order valence-electron chi connectivity index (χ0n) is 8.40. The molecule has 2 rings (SSSR count). The monoisotopic (exact) mass is 229 g/mol. The Kier molecular flexibility index (Phi) is 2.42. The average molecular weight is 229 g/mol. The molecule has 0 spiro atoms. The number of anilines is 1. The van der Waals surface area contributed by atoms with Crippen molar-refractivity contribution in [3.05, 3.63) is 29.6 Å². The molecule has 0 radical (unpaired) electrons. The number of benzene rings is 1. The molecule has 1 heterocycles. The molecule has 0 fully saturated rings. The number of sulfonamides is 1. The topological polar surface area (TPSA) is 37.4 Å². The Balaban J connectivity index is 2.46. The fraction of sp³-hybridized carbons (Fsp3) is 0.400. The molecule has 82 valence electrons. The average Bonchev–Trinajstić information content (AvgIpc) is 2.61. The van der Waals surface area contributed by atoms with Gasteiger partial charge in [-0.05, 0) is 37.1 Å². The third kappa shape index (κ3) is 1.71. The van der Waals surface area contributed by atoms with Crippen LogP contribution in [0.15, 0.2) is 18.2 Å². The molecule has 0 atom stereocenters. The smallest absolute Gasteiger partial charge is 0.234 e. The number of hydrogen-bond donors (Lipinski definition) is 0. The minimum Gasteiger partial charge on any atom is -0.270 e. The first-order valence-electron chi connectivity index (χ1n) is 4.83. The van der Waals surface area contributed by atoms with Crippen LogP contribution in [-0.2, 0) is 16.4 Å². The zero-order valence-corrected chi connectivity index (χ0v) is 9.22. The van der Waals surface area contributed by atoms with Crippen molar-refractivity contribution in [1.29, 1.82) is 0 Å². The summed E-state index contributed by atoms with van der Waals surface area (Å²) in [6.45, 7) is 2.03. The van der Waals surface area contributed by atoms with E-state index in [4.69, 9.17) is 0 Å². The van der Waals surface area contributed by atoms with Crippen LogP contribution in [0.1, 0.15) is 12.5 Å². The van der Waals surface area contributed by atoms with Gasteiger partial charge in [0.25, 0.3) is 0 Å². The first-order chi connectivity index (χ1) is 7.04. The van der Waals surface area contributed by atoms with Gasteiger partial charge in [-0.3, -0.25) is 4.31 Å². The molecule has 1 aliphatic heterocycles. The lowest BCUT2D eigenvalue weighted by Crippen LogP contribution is -2.30. The lowest BCUT2D eigenvalue weighted by Gasteiger charge is -2.18. The molecule has 0 unspecified atom stereocenters. The summed E-state index contributed by atoms with van der Waals surface area (Å²) in [5, 5.41) is 0. The van der Waals surface area contributed by atoms with E-state index in [0.717, 1.165) is 5.56 Å². The largest absolute Gasteiger partial charge is 0.270 e. The van der Waals surface area contributed by atoms with Crippen molar-refractivity contribution in [3.63, 3.8) is 0 Å². The minimum atomic E-state index is -3.21. The van der Waals surface area contributed by atoms with Crippen LogP contribution in [0, 0.1) is 5.82 Å². The van der Waals surface area contributed by atoms with E-state index in [0.29, 0.717) is 18.7 Å².